The second kappa shape index (κ2) is 28.8. The van der Waals surface area contributed by atoms with Gasteiger partial charge in [-0.05, 0) is 66.3 Å². The van der Waals surface area contributed by atoms with Crippen LogP contribution < -0.4 is 54.4 Å². The van der Waals surface area contributed by atoms with Gasteiger partial charge in [0.1, 0.15) is 42.3 Å². The molecule has 6 rings (SSSR count). The standard InChI is InChI=1S/C57H74N14O10/c1-31(2)21-45(57(81)71-29-36-16-10-9-15-35(36)24-46(71)50(60)74)69-55(79)44(25-38-27-61-30-64-38)66-48(73)28-63-56(80)49(32(3)4)70-51(75)33(5)65-54(78)43(23-37-26-62-41-18-12-11-17-39(37)41)68-53(77)42(19-20-47(59)72)67-52(76)40(58)22-34-13-7-6-8-14-34/h6-18,26-27,30-33,40,42-46,49,62H,19-25,28-29,58H2,1-5H3,(H2,59,72)(H2,60,74)(H,61,64)(H,63,80)(H,65,78)(H,66,73)(H,67,76)(H,68,77)(H,69,79)(H,70,75)/t33-,40+,42-,43-,44-,45-,46+,49-/m0/s1. The predicted molar refractivity (Wildman–Crippen MR) is 299 cm³/mol. The van der Waals surface area contributed by atoms with Gasteiger partial charge in [0, 0.05) is 61.2 Å². The van der Waals surface area contributed by atoms with Crippen LogP contribution in [-0.4, -0.2) is 134 Å². The molecule has 1 aliphatic heterocycles. The third kappa shape index (κ3) is 17.5. The number of aromatic amines is 2. The molecule has 8 atom stereocenters. The molecule has 0 radical (unpaired) electrons. The molecule has 3 heterocycles. The lowest BCUT2D eigenvalue weighted by molar-refractivity contribution is -0.144. The summed E-state index contributed by atoms with van der Waals surface area (Å²) < 4.78 is 0. The third-order valence-corrected chi connectivity index (χ3v) is 13.9. The average molecular weight is 1120 g/mol. The first kappa shape index (κ1) is 61.3. The Morgan fingerprint density at radius 2 is 1.28 bits per heavy atom. The van der Waals surface area contributed by atoms with Crippen molar-refractivity contribution in [2.24, 2.45) is 29.0 Å². The molecule has 81 heavy (non-hydrogen) atoms. The molecule has 10 amide bonds. The number of rotatable bonds is 28. The Bertz CT molecular complexity index is 3040. The largest absolute Gasteiger partial charge is 0.370 e. The number of hydrogen-bond donors (Lipinski definition) is 12. The zero-order valence-electron chi connectivity index (χ0n) is 46.1. The highest BCUT2D eigenvalue weighted by atomic mass is 16.2. The van der Waals surface area contributed by atoms with E-state index in [2.05, 4.69) is 52.2 Å². The summed E-state index contributed by atoms with van der Waals surface area (Å²) in [6.45, 7) is 7.86. The van der Waals surface area contributed by atoms with Crippen LogP contribution in [0.5, 0.6) is 0 Å². The Balaban J connectivity index is 1.10. The summed E-state index contributed by atoms with van der Waals surface area (Å²) in [7, 11) is 0. The van der Waals surface area contributed by atoms with E-state index in [1.165, 1.54) is 24.3 Å². The molecule has 24 nitrogen and oxygen atoms in total. The Morgan fingerprint density at radius 1 is 0.654 bits per heavy atom. The molecule has 15 N–H and O–H groups in total. The highest BCUT2D eigenvalue weighted by Crippen LogP contribution is 2.25. The first-order valence-electron chi connectivity index (χ1n) is 26.9. The maximum atomic E-state index is 14.3. The predicted octanol–water partition coefficient (Wildman–Crippen LogP) is -0.303. The molecular formula is C57H74N14O10. The molecule has 2 aromatic heterocycles. The van der Waals surface area contributed by atoms with Crippen LogP contribution >= 0.6 is 0 Å². The van der Waals surface area contributed by atoms with E-state index < -0.39 is 120 Å². The fourth-order valence-corrected chi connectivity index (χ4v) is 9.51. The zero-order chi connectivity index (χ0) is 58.9. The number of fused-ring (bicyclic) bond motifs is 2. The third-order valence-electron chi connectivity index (χ3n) is 13.9. The van der Waals surface area contributed by atoms with Gasteiger partial charge in [-0.1, -0.05) is 100 Å². The summed E-state index contributed by atoms with van der Waals surface area (Å²) in [4.78, 5) is 147. The lowest BCUT2D eigenvalue weighted by Crippen LogP contribution is -2.60. The van der Waals surface area contributed by atoms with Gasteiger partial charge in [-0.2, -0.15) is 0 Å². The van der Waals surface area contributed by atoms with Crippen LogP contribution in [0.1, 0.15) is 81.8 Å². The molecule has 0 saturated heterocycles. The highest BCUT2D eigenvalue weighted by Gasteiger charge is 2.39. The Hall–Kier alpha value is -8.93. The van der Waals surface area contributed by atoms with Crippen molar-refractivity contribution in [3.63, 3.8) is 0 Å². The number of nitrogens with one attached hydrogen (secondary N) is 9. The zero-order valence-corrected chi connectivity index (χ0v) is 46.1. The fraction of sp³-hybridized carbons (Fsp3) is 0.421. The first-order chi connectivity index (χ1) is 38.6. The van der Waals surface area contributed by atoms with E-state index in [0.29, 0.717) is 11.3 Å². The van der Waals surface area contributed by atoms with E-state index in [-0.39, 0.29) is 57.4 Å². The molecule has 24 heteroatoms. The molecule has 0 saturated carbocycles. The number of H-pyrrole nitrogens is 2. The number of carbonyl (C=O) groups is 10. The molecule has 0 fully saturated rings. The van der Waals surface area contributed by atoms with Crippen LogP contribution in [0.15, 0.2) is 97.6 Å². The first-order valence-corrected chi connectivity index (χ1v) is 26.9. The summed E-state index contributed by atoms with van der Waals surface area (Å²) >= 11 is 0. The van der Waals surface area contributed by atoms with E-state index in [1.807, 2.05) is 62.4 Å². The Kier molecular flexibility index (Phi) is 21.8. The minimum absolute atomic E-state index is 0.0912. The smallest absolute Gasteiger partial charge is 0.246 e. The summed E-state index contributed by atoms with van der Waals surface area (Å²) in [5.74, 6) is -8.00. The van der Waals surface area contributed by atoms with E-state index in [0.717, 1.165) is 27.6 Å². The number of carbonyl (C=O) groups excluding carboxylic acids is 10. The molecule has 0 unspecified atom stereocenters. The number of nitrogens with zero attached hydrogens (tertiary/aromatic N) is 2. The molecule has 432 valence electrons. The molecule has 5 aromatic rings. The summed E-state index contributed by atoms with van der Waals surface area (Å²) in [5, 5.41) is 19.3. The topological polar surface area (TPSA) is 381 Å². The van der Waals surface area contributed by atoms with Crippen molar-refractivity contribution in [3.05, 3.63) is 126 Å². The monoisotopic (exact) mass is 1110 g/mol. The fourth-order valence-electron chi connectivity index (χ4n) is 9.51. The average Bonchev–Trinajstić information content (AvgIpc) is 4.16. The minimum atomic E-state index is -1.36. The maximum absolute atomic E-state index is 14.3. The SMILES string of the molecule is CC(C)C[C@H](NC(=O)[C@H](Cc1cnc[nH]1)NC(=O)CNC(=O)[C@@H](NC(=O)[C@H](C)NC(=O)[C@H](Cc1c[nH]c2ccccc12)NC(=O)[C@H](CCC(N)=O)NC(=O)[C@H](N)Cc1ccccc1)C(C)C)C(=O)N1Cc2ccccc2C[C@@H]1C(N)=O. The Labute approximate surface area is 469 Å². The number of aromatic nitrogens is 3. The molecule has 0 bridgehead atoms. The summed E-state index contributed by atoms with van der Waals surface area (Å²) in [6.07, 6.45) is 4.38. The molecule has 0 spiro atoms. The second-order valence-corrected chi connectivity index (χ2v) is 21.1. The van der Waals surface area contributed by atoms with Gasteiger partial charge in [-0.25, -0.2) is 4.98 Å². The molecule has 0 aliphatic carbocycles. The molecular weight excluding hydrogens is 1040 g/mol. The normalized spacial score (nSPS) is 15.6. The molecule has 1 aliphatic rings. The van der Waals surface area contributed by atoms with Crippen molar-refractivity contribution >= 4 is 70.0 Å². The van der Waals surface area contributed by atoms with Crippen molar-refractivity contribution in [1.29, 1.82) is 0 Å². The number of benzene rings is 3. The number of imidazole rings is 1. The number of amides is 10. The van der Waals surface area contributed by atoms with Gasteiger partial charge in [-0.3, -0.25) is 47.9 Å². The second-order valence-electron chi connectivity index (χ2n) is 21.1. The lowest BCUT2D eigenvalue weighted by Gasteiger charge is -2.38. The quantitative estimate of drug-likeness (QED) is 0.0307. The van der Waals surface area contributed by atoms with E-state index in [4.69, 9.17) is 17.2 Å². The van der Waals surface area contributed by atoms with Crippen LogP contribution in [0.2, 0.25) is 0 Å². The summed E-state index contributed by atoms with van der Waals surface area (Å²) in [5.41, 5.74) is 21.8. The van der Waals surface area contributed by atoms with E-state index in [9.17, 15) is 47.9 Å². The van der Waals surface area contributed by atoms with Gasteiger partial charge in [0.2, 0.25) is 59.1 Å². The van der Waals surface area contributed by atoms with Crippen molar-refractivity contribution < 1.29 is 47.9 Å². The number of primary amides is 2. The van der Waals surface area contributed by atoms with Crippen molar-refractivity contribution in [1.82, 2.24) is 57.1 Å². The lowest BCUT2D eigenvalue weighted by atomic mass is 9.92. The Morgan fingerprint density at radius 3 is 1.95 bits per heavy atom. The van der Waals surface area contributed by atoms with Gasteiger partial charge < -0.3 is 69.3 Å². The highest BCUT2D eigenvalue weighted by molar-refractivity contribution is 5.98. The van der Waals surface area contributed by atoms with Gasteiger partial charge in [-0.15, -0.1) is 0 Å². The van der Waals surface area contributed by atoms with Crippen LogP contribution in [0.4, 0.5) is 0 Å². The van der Waals surface area contributed by atoms with Crippen LogP contribution in [0, 0.1) is 11.8 Å². The van der Waals surface area contributed by atoms with Crippen molar-refractivity contribution in [2.75, 3.05) is 6.54 Å². The number of para-hydroxylation sites is 1. The minimum Gasteiger partial charge on any atom is -0.370 e. The van der Waals surface area contributed by atoms with Gasteiger partial charge >= 0.3 is 0 Å². The number of hydrogen-bond acceptors (Lipinski definition) is 12. The van der Waals surface area contributed by atoms with Gasteiger partial charge in [0.25, 0.3) is 0 Å². The van der Waals surface area contributed by atoms with Gasteiger partial charge in [0.15, 0.2) is 0 Å². The number of nitrogens with two attached hydrogens (primary N) is 3. The van der Waals surface area contributed by atoms with Gasteiger partial charge in [0.05, 0.1) is 18.9 Å². The maximum Gasteiger partial charge on any atom is 0.246 e. The van der Waals surface area contributed by atoms with E-state index in [1.54, 1.807) is 50.4 Å². The van der Waals surface area contributed by atoms with Crippen LogP contribution in [-0.2, 0) is 80.2 Å². The van der Waals surface area contributed by atoms with E-state index >= 15 is 0 Å². The van der Waals surface area contributed by atoms with Crippen molar-refractivity contribution in [2.45, 2.75) is 134 Å². The van der Waals surface area contributed by atoms with Crippen molar-refractivity contribution in [3.8, 4) is 0 Å². The molecule has 3 aromatic carbocycles. The van der Waals surface area contributed by atoms with Crippen LogP contribution in [0.25, 0.3) is 10.9 Å². The van der Waals surface area contributed by atoms with Crippen LogP contribution in [0.3, 0.4) is 0 Å². The summed E-state index contributed by atoms with van der Waals surface area (Å²) in [6, 6.07) is 14.0.